The van der Waals surface area contributed by atoms with E-state index in [0.717, 1.165) is 17.7 Å². The zero-order valence-electron chi connectivity index (χ0n) is 15.7. The number of aromatic nitrogens is 1. The van der Waals surface area contributed by atoms with Crippen molar-refractivity contribution in [2.45, 2.75) is 38.6 Å². The molecule has 1 saturated heterocycles. The van der Waals surface area contributed by atoms with Crippen LogP contribution in [0.4, 0.5) is 19.0 Å². The van der Waals surface area contributed by atoms with Gasteiger partial charge in [0.1, 0.15) is 17.7 Å². The first-order chi connectivity index (χ1) is 13.2. The van der Waals surface area contributed by atoms with Crippen molar-refractivity contribution in [3.8, 4) is 5.75 Å². The van der Waals surface area contributed by atoms with Gasteiger partial charge in [0, 0.05) is 26.1 Å². The Labute approximate surface area is 161 Å². The highest BCUT2D eigenvalue weighted by Gasteiger charge is 2.32. The van der Waals surface area contributed by atoms with Gasteiger partial charge in [0.25, 0.3) is 0 Å². The lowest BCUT2D eigenvalue weighted by Gasteiger charge is -2.19. The number of carbonyl (C=O) groups excluding carboxylic acids is 1. The number of rotatable bonds is 5. The van der Waals surface area contributed by atoms with Gasteiger partial charge in [-0.1, -0.05) is 12.1 Å². The summed E-state index contributed by atoms with van der Waals surface area (Å²) >= 11 is 0. The molecule has 8 heteroatoms. The second kappa shape index (κ2) is 8.08. The molecule has 1 fully saturated rings. The first kappa shape index (κ1) is 20.0. The largest absolute Gasteiger partial charge is 0.489 e. The van der Waals surface area contributed by atoms with Gasteiger partial charge >= 0.3 is 6.18 Å². The van der Waals surface area contributed by atoms with Crippen LogP contribution in [0.1, 0.15) is 37.4 Å². The van der Waals surface area contributed by atoms with E-state index >= 15 is 0 Å². The number of alkyl halides is 3. The third-order valence-corrected chi connectivity index (χ3v) is 4.64. The Morgan fingerprint density at radius 1 is 1.29 bits per heavy atom. The maximum absolute atomic E-state index is 12.9. The van der Waals surface area contributed by atoms with Gasteiger partial charge < -0.3 is 15.0 Å². The predicted octanol–water partition coefficient (Wildman–Crippen LogP) is 3.96. The predicted molar refractivity (Wildman–Crippen MR) is 99.2 cm³/mol. The molecule has 1 aliphatic rings. The third kappa shape index (κ3) is 4.94. The van der Waals surface area contributed by atoms with Crippen LogP contribution in [0.15, 0.2) is 42.6 Å². The molecule has 0 aliphatic carbocycles. The fourth-order valence-electron chi connectivity index (χ4n) is 3.22. The van der Waals surface area contributed by atoms with Crippen LogP contribution in [-0.4, -0.2) is 30.1 Å². The number of benzene rings is 1. The summed E-state index contributed by atoms with van der Waals surface area (Å²) < 4.78 is 44.6. The molecule has 0 spiro atoms. The molecule has 1 amide bonds. The normalized spacial score (nSPS) is 18.0. The van der Waals surface area contributed by atoms with Gasteiger partial charge in [-0.25, -0.2) is 4.98 Å². The summed E-state index contributed by atoms with van der Waals surface area (Å²) in [5.74, 6) is 0.894. The summed E-state index contributed by atoms with van der Waals surface area (Å²) in [7, 11) is 0. The molecular formula is C20H22F3N3O2. The van der Waals surface area contributed by atoms with E-state index in [1.54, 1.807) is 4.90 Å². The van der Waals surface area contributed by atoms with E-state index in [2.05, 4.69) is 10.3 Å². The maximum Gasteiger partial charge on any atom is 0.416 e. The van der Waals surface area contributed by atoms with Gasteiger partial charge in [-0.3, -0.25) is 4.79 Å². The van der Waals surface area contributed by atoms with Crippen LogP contribution in [0.5, 0.6) is 5.75 Å². The molecule has 2 aromatic rings. The van der Waals surface area contributed by atoms with Crippen molar-refractivity contribution in [3.05, 3.63) is 53.7 Å². The van der Waals surface area contributed by atoms with Crippen LogP contribution in [0.25, 0.3) is 0 Å². The number of amides is 1. The van der Waals surface area contributed by atoms with E-state index in [-0.39, 0.29) is 18.1 Å². The van der Waals surface area contributed by atoms with Gasteiger partial charge in [-0.15, -0.1) is 0 Å². The number of nitrogens with one attached hydrogen (secondary N) is 1. The molecule has 0 saturated carbocycles. The fourth-order valence-corrected chi connectivity index (χ4v) is 3.22. The first-order valence-electron chi connectivity index (χ1n) is 9.04. The van der Waals surface area contributed by atoms with Gasteiger partial charge in [-0.05, 0) is 36.8 Å². The summed E-state index contributed by atoms with van der Waals surface area (Å²) in [5.41, 5.74) is 0.259. The lowest BCUT2D eigenvalue weighted by Crippen LogP contribution is -2.25. The molecule has 0 radical (unpaired) electrons. The second-order valence-electron chi connectivity index (χ2n) is 6.87. The van der Waals surface area contributed by atoms with Gasteiger partial charge in [0.05, 0.1) is 18.2 Å². The monoisotopic (exact) mass is 393 g/mol. The summed E-state index contributed by atoms with van der Waals surface area (Å²) in [6.45, 7) is 4.42. The Kier molecular flexibility index (Phi) is 5.76. The van der Waals surface area contributed by atoms with Gasteiger partial charge in [0.15, 0.2) is 0 Å². The van der Waals surface area contributed by atoms with E-state index in [0.29, 0.717) is 31.1 Å². The highest BCUT2D eigenvalue weighted by molar-refractivity contribution is 5.73. The van der Waals surface area contributed by atoms with Crippen LogP contribution in [0.2, 0.25) is 0 Å². The average molecular weight is 393 g/mol. The Hall–Kier alpha value is -2.77. The van der Waals surface area contributed by atoms with Crippen molar-refractivity contribution in [2.24, 2.45) is 0 Å². The number of hydrogen-bond acceptors (Lipinski definition) is 4. The highest BCUT2D eigenvalue weighted by Crippen LogP contribution is 2.32. The van der Waals surface area contributed by atoms with E-state index in [1.165, 1.54) is 13.1 Å². The molecule has 1 aliphatic heterocycles. The third-order valence-electron chi connectivity index (χ3n) is 4.64. The van der Waals surface area contributed by atoms with Gasteiger partial charge in [-0.2, -0.15) is 13.2 Å². The van der Waals surface area contributed by atoms with Crippen molar-refractivity contribution in [1.29, 1.82) is 0 Å². The minimum Gasteiger partial charge on any atom is -0.489 e. The summed E-state index contributed by atoms with van der Waals surface area (Å²) in [5, 5.41) is 2.82. The second-order valence-corrected chi connectivity index (χ2v) is 6.87. The molecule has 0 bridgehead atoms. The van der Waals surface area contributed by atoms with Crippen molar-refractivity contribution >= 4 is 11.7 Å². The number of halogens is 3. The molecule has 5 nitrogen and oxygen atoms in total. The Morgan fingerprint density at radius 3 is 2.64 bits per heavy atom. The average Bonchev–Trinajstić information content (AvgIpc) is 3.10. The fraction of sp³-hybridized carbons (Fsp3) is 0.400. The maximum atomic E-state index is 12.9. The number of ether oxygens (including phenoxy) is 1. The van der Waals surface area contributed by atoms with Crippen LogP contribution in [0, 0.1) is 0 Å². The molecule has 0 unspecified atom stereocenters. The molecule has 3 rings (SSSR count). The van der Waals surface area contributed by atoms with Crippen LogP contribution in [0.3, 0.4) is 0 Å². The van der Waals surface area contributed by atoms with E-state index in [4.69, 9.17) is 4.74 Å². The number of pyridine rings is 1. The molecular weight excluding hydrogens is 371 g/mol. The Bertz CT molecular complexity index is 824. The number of nitrogens with zero attached hydrogens (tertiary/aromatic N) is 2. The minimum atomic E-state index is -4.39. The van der Waals surface area contributed by atoms with Gasteiger partial charge in [0.2, 0.25) is 5.91 Å². The summed E-state index contributed by atoms with van der Waals surface area (Å²) in [6.07, 6.45) is -2.64. The molecule has 28 heavy (non-hydrogen) atoms. The topological polar surface area (TPSA) is 54.5 Å². The molecule has 2 heterocycles. The lowest BCUT2D eigenvalue weighted by molar-refractivity contribution is -0.137. The minimum absolute atomic E-state index is 0.0953. The summed E-state index contributed by atoms with van der Waals surface area (Å²) in [4.78, 5) is 17.0. The molecule has 1 aromatic heterocycles. The number of carbonyl (C=O) groups is 1. The molecule has 1 aromatic carbocycles. The SMILES string of the molecule is CC(=O)N[C@@H](C)c1ccc(O[C@@H]2CCN(c3cc(C(F)(F)F)ccn3)C2)cc1. The zero-order valence-corrected chi connectivity index (χ0v) is 15.7. The number of anilines is 1. The van der Waals surface area contributed by atoms with Crippen molar-refractivity contribution in [2.75, 3.05) is 18.0 Å². The van der Waals surface area contributed by atoms with E-state index < -0.39 is 11.7 Å². The van der Waals surface area contributed by atoms with E-state index in [9.17, 15) is 18.0 Å². The van der Waals surface area contributed by atoms with E-state index in [1.807, 2.05) is 31.2 Å². The first-order valence-corrected chi connectivity index (χ1v) is 9.04. The zero-order chi connectivity index (χ0) is 20.3. The van der Waals surface area contributed by atoms with Crippen molar-refractivity contribution in [3.63, 3.8) is 0 Å². The quantitative estimate of drug-likeness (QED) is 0.836. The van der Waals surface area contributed by atoms with Crippen LogP contribution < -0.4 is 15.0 Å². The standard InChI is InChI=1S/C20H22F3N3O2/c1-13(25-14(2)27)15-3-5-17(6-4-15)28-18-8-10-26(12-18)19-11-16(7-9-24-19)20(21,22)23/h3-7,9,11,13,18H,8,10,12H2,1-2H3,(H,25,27)/t13-,18+/m0/s1. The van der Waals surface area contributed by atoms with Crippen LogP contribution >= 0.6 is 0 Å². The number of hydrogen-bond donors (Lipinski definition) is 1. The molecule has 1 N–H and O–H groups in total. The molecule has 2 atom stereocenters. The van der Waals surface area contributed by atoms with Crippen LogP contribution in [-0.2, 0) is 11.0 Å². The molecule has 150 valence electrons. The Balaban J connectivity index is 1.60. The van der Waals surface area contributed by atoms with Crippen molar-refractivity contribution in [1.82, 2.24) is 10.3 Å². The summed E-state index contributed by atoms with van der Waals surface area (Å²) in [6, 6.07) is 9.38. The Morgan fingerprint density at radius 2 is 2.00 bits per heavy atom. The lowest BCUT2D eigenvalue weighted by atomic mass is 10.1. The smallest absolute Gasteiger partial charge is 0.416 e. The van der Waals surface area contributed by atoms with Crippen molar-refractivity contribution < 1.29 is 22.7 Å². The highest BCUT2D eigenvalue weighted by atomic mass is 19.4.